The van der Waals surface area contributed by atoms with E-state index in [-0.39, 0.29) is 18.4 Å². The van der Waals surface area contributed by atoms with Crippen molar-refractivity contribution in [3.8, 4) is 17.4 Å². The summed E-state index contributed by atoms with van der Waals surface area (Å²) in [6, 6.07) is 4.30. The van der Waals surface area contributed by atoms with Crippen LogP contribution in [0.4, 0.5) is 14.5 Å². The van der Waals surface area contributed by atoms with Gasteiger partial charge in [-0.05, 0) is 19.4 Å². The van der Waals surface area contributed by atoms with Crippen molar-refractivity contribution in [2.24, 2.45) is 0 Å². The number of halogens is 2. The number of fused-ring (bicyclic) bond motifs is 1. The smallest absolute Gasteiger partial charge is 0.211 e. The molecule has 0 spiro atoms. The Hall–Kier alpha value is -3.29. The van der Waals surface area contributed by atoms with E-state index in [9.17, 15) is 17.2 Å². The Labute approximate surface area is 226 Å². The number of ether oxygens (including phenoxy) is 1. The number of nitrogens with zero attached hydrogens (tertiary/aromatic N) is 7. The van der Waals surface area contributed by atoms with E-state index in [0.717, 1.165) is 11.3 Å². The van der Waals surface area contributed by atoms with Gasteiger partial charge in [-0.25, -0.2) is 32.7 Å². The highest BCUT2D eigenvalue weighted by Gasteiger charge is 2.28. The Morgan fingerprint density at radius 3 is 2.49 bits per heavy atom. The molecule has 13 heteroatoms. The zero-order valence-corrected chi connectivity index (χ0v) is 22.7. The summed E-state index contributed by atoms with van der Waals surface area (Å²) in [7, 11) is -3.18. The van der Waals surface area contributed by atoms with E-state index >= 15 is 0 Å². The summed E-state index contributed by atoms with van der Waals surface area (Å²) < 4.78 is 59.7. The number of anilines is 1. The maximum absolute atomic E-state index is 14.6. The van der Waals surface area contributed by atoms with E-state index in [0.29, 0.717) is 69.4 Å². The molecule has 0 saturated carbocycles. The van der Waals surface area contributed by atoms with Crippen LogP contribution in [-0.2, 0) is 16.4 Å². The maximum Gasteiger partial charge on any atom is 0.211 e. The molecule has 1 aromatic carbocycles. The SMILES string of the molecule is CC1c2cnc(-c3ncccn3)nc2CCN1c1cc(F)c(F)c(OCCCN2CCN(S(C)(=O)=O)CC2)c1. The highest BCUT2D eigenvalue weighted by atomic mass is 32.2. The van der Waals surface area contributed by atoms with Crippen LogP contribution >= 0.6 is 0 Å². The van der Waals surface area contributed by atoms with Gasteiger partial charge in [0.2, 0.25) is 15.8 Å². The van der Waals surface area contributed by atoms with Gasteiger partial charge >= 0.3 is 0 Å². The van der Waals surface area contributed by atoms with Crippen LogP contribution in [0.25, 0.3) is 11.6 Å². The maximum atomic E-state index is 14.6. The van der Waals surface area contributed by atoms with E-state index in [4.69, 9.17) is 4.74 Å². The Morgan fingerprint density at radius 1 is 1.03 bits per heavy atom. The third-order valence-corrected chi connectivity index (χ3v) is 8.46. The molecule has 1 fully saturated rings. The average Bonchev–Trinajstić information content (AvgIpc) is 2.93. The van der Waals surface area contributed by atoms with Gasteiger partial charge in [0, 0.05) is 87.7 Å². The molecular weight excluding hydrogens is 528 g/mol. The zero-order valence-electron chi connectivity index (χ0n) is 21.9. The van der Waals surface area contributed by atoms with Crippen molar-refractivity contribution in [1.29, 1.82) is 0 Å². The summed E-state index contributed by atoms with van der Waals surface area (Å²) in [5.41, 5.74) is 2.31. The van der Waals surface area contributed by atoms with Crippen molar-refractivity contribution in [3.63, 3.8) is 0 Å². The van der Waals surface area contributed by atoms with Crippen molar-refractivity contribution in [1.82, 2.24) is 29.1 Å². The molecule has 0 aliphatic carbocycles. The fraction of sp³-hybridized carbons (Fsp3) is 0.462. The molecule has 0 amide bonds. The van der Waals surface area contributed by atoms with Crippen LogP contribution in [-0.4, -0.2) is 89.7 Å². The van der Waals surface area contributed by atoms with Gasteiger partial charge in [0.05, 0.1) is 24.6 Å². The minimum absolute atomic E-state index is 0.127. The molecule has 0 bridgehead atoms. The second kappa shape index (κ2) is 11.4. The summed E-state index contributed by atoms with van der Waals surface area (Å²) >= 11 is 0. The highest BCUT2D eigenvalue weighted by Crippen LogP contribution is 2.36. The monoisotopic (exact) mass is 559 g/mol. The third kappa shape index (κ3) is 6.15. The molecule has 0 N–H and O–H groups in total. The first-order chi connectivity index (χ1) is 18.7. The number of aromatic nitrogens is 4. The van der Waals surface area contributed by atoms with Gasteiger partial charge in [-0.1, -0.05) is 0 Å². The minimum atomic E-state index is -3.18. The van der Waals surface area contributed by atoms with Gasteiger partial charge in [0.15, 0.2) is 23.2 Å². The molecule has 2 aliphatic heterocycles. The fourth-order valence-electron chi connectivity index (χ4n) is 5.01. The van der Waals surface area contributed by atoms with E-state index < -0.39 is 21.7 Å². The van der Waals surface area contributed by atoms with E-state index in [1.165, 1.54) is 22.7 Å². The molecule has 1 atom stereocenters. The van der Waals surface area contributed by atoms with Crippen LogP contribution in [0.2, 0.25) is 0 Å². The van der Waals surface area contributed by atoms with Gasteiger partial charge in [-0.2, -0.15) is 8.70 Å². The Morgan fingerprint density at radius 2 is 1.77 bits per heavy atom. The Bertz CT molecular complexity index is 1420. The molecule has 208 valence electrons. The van der Waals surface area contributed by atoms with Crippen LogP contribution in [0.5, 0.6) is 5.75 Å². The van der Waals surface area contributed by atoms with Gasteiger partial charge < -0.3 is 14.5 Å². The van der Waals surface area contributed by atoms with Crippen LogP contribution in [0.15, 0.2) is 36.8 Å². The van der Waals surface area contributed by atoms with Crippen molar-refractivity contribution in [2.45, 2.75) is 25.8 Å². The topological polar surface area (TPSA) is 105 Å². The summed E-state index contributed by atoms with van der Waals surface area (Å²) in [4.78, 5) is 21.6. The lowest BCUT2D eigenvalue weighted by Gasteiger charge is -2.36. The first kappa shape index (κ1) is 27.3. The molecule has 0 radical (unpaired) electrons. The van der Waals surface area contributed by atoms with Crippen LogP contribution < -0.4 is 9.64 Å². The molecule has 1 unspecified atom stereocenters. The zero-order chi connectivity index (χ0) is 27.6. The van der Waals surface area contributed by atoms with Crippen LogP contribution in [0.1, 0.15) is 30.6 Å². The van der Waals surface area contributed by atoms with Gasteiger partial charge in [-0.15, -0.1) is 0 Å². The first-order valence-corrected chi connectivity index (χ1v) is 14.7. The normalized spacial score (nSPS) is 18.7. The Kier molecular flexibility index (Phi) is 8.01. The lowest BCUT2D eigenvalue weighted by molar-refractivity contribution is 0.174. The average molecular weight is 560 g/mol. The van der Waals surface area contributed by atoms with Crippen molar-refractivity contribution >= 4 is 15.7 Å². The van der Waals surface area contributed by atoms with E-state index in [1.54, 1.807) is 24.7 Å². The van der Waals surface area contributed by atoms with Gasteiger partial charge in [0.25, 0.3) is 0 Å². The lowest BCUT2D eigenvalue weighted by atomic mass is 9.98. The second-order valence-corrected chi connectivity index (χ2v) is 11.7. The second-order valence-electron chi connectivity index (χ2n) is 9.73. The third-order valence-electron chi connectivity index (χ3n) is 7.16. The summed E-state index contributed by atoms with van der Waals surface area (Å²) in [5.74, 6) is -1.20. The number of rotatable bonds is 8. The largest absolute Gasteiger partial charge is 0.490 e. The summed E-state index contributed by atoms with van der Waals surface area (Å²) in [5, 5.41) is 0. The molecule has 5 rings (SSSR count). The predicted molar refractivity (Wildman–Crippen MR) is 142 cm³/mol. The molecule has 3 aromatic rings. The highest BCUT2D eigenvalue weighted by molar-refractivity contribution is 7.88. The van der Waals surface area contributed by atoms with Crippen LogP contribution in [0, 0.1) is 11.6 Å². The fourth-order valence-corrected chi connectivity index (χ4v) is 5.84. The number of benzene rings is 1. The number of hydrogen-bond acceptors (Lipinski definition) is 9. The first-order valence-electron chi connectivity index (χ1n) is 12.9. The molecule has 1 saturated heterocycles. The van der Waals surface area contributed by atoms with Crippen molar-refractivity contribution in [3.05, 3.63) is 59.7 Å². The Balaban J connectivity index is 1.22. The van der Waals surface area contributed by atoms with Gasteiger partial charge in [0.1, 0.15) is 0 Å². The summed E-state index contributed by atoms with van der Waals surface area (Å²) in [6.07, 6.45) is 7.44. The van der Waals surface area contributed by atoms with Crippen molar-refractivity contribution in [2.75, 3.05) is 57.0 Å². The van der Waals surface area contributed by atoms with E-state index in [1.807, 2.05) is 11.8 Å². The lowest BCUT2D eigenvalue weighted by Crippen LogP contribution is -2.48. The number of hydrogen-bond donors (Lipinski definition) is 0. The predicted octanol–water partition coefficient (Wildman–Crippen LogP) is 2.68. The molecule has 2 aromatic heterocycles. The number of piperazine rings is 1. The minimum Gasteiger partial charge on any atom is -0.490 e. The van der Waals surface area contributed by atoms with Gasteiger partial charge in [-0.3, -0.25) is 0 Å². The van der Waals surface area contributed by atoms with E-state index in [2.05, 4.69) is 24.8 Å². The summed E-state index contributed by atoms with van der Waals surface area (Å²) in [6.45, 7) is 5.58. The standard InChI is InChI=1S/C26H31F2N7O3S/c1-18-20-17-31-26(25-29-6-3-7-30-25)32-22(20)5-9-35(18)19-15-21(27)24(28)23(16-19)38-14-4-8-33-10-12-34(13-11-33)39(2,36)37/h3,6-7,15-18H,4-5,8-14H2,1-2H3. The number of sulfonamides is 1. The van der Waals surface area contributed by atoms with Crippen LogP contribution in [0.3, 0.4) is 0 Å². The van der Waals surface area contributed by atoms with Crippen molar-refractivity contribution < 1.29 is 21.9 Å². The quantitative estimate of drug-likeness (QED) is 0.385. The molecule has 2 aliphatic rings. The molecular formula is C26H31F2N7O3S. The molecule has 10 nitrogen and oxygen atoms in total. The molecule has 4 heterocycles. The molecule has 39 heavy (non-hydrogen) atoms.